The lowest BCUT2D eigenvalue weighted by Crippen LogP contribution is -2.00. The highest BCUT2D eigenvalue weighted by Crippen LogP contribution is 2.31. The van der Waals surface area contributed by atoms with Gasteiger partial charge in [0.1, 0.15) is 5.75 Å². The van der Waals surface area contributed by atoms with E-state index in [-0.39, 0.29) is 5.92 Å². The van der Waals surface area contributed by atoms with Gasteiger partial charge in [-0.05, 0) is 24.0 Å². The molecule has 0 heterocycles. The van der Waals surface area contributed by atoms with Gasteiger partial charge in [0, 0.05) is 5.56 Å². The number of nitrogens with zero attached hydrogens (tertiary/aromatic N) is 1. The number of ether oxygens (including phenoxy) is 1. The molecule has 2 heteroatoms. The van der Waals surface area contributed by atoms with Crippen LogP contribution in [0.4, 0.5) is 0 Å². The highest BCUT2D eigenvalue weighted by atomic mass is 16.5. The minimum Gasteiger partial charge on any atom is -0.496 e. The summed E-state index contributed by atoms with van der Waals surface area (Å²) in [6, 6.07) is 8.46. The second-order valence-corrected chi connectivity index (χ2v) is 4.25. The standard InChI is InChI=1S/C14H19NO/c1-5-11(9-15)13-7-6-12(10(2)3)8-14(13)16-4/h6-8,10-11H,5H2,1-4H3. The first kappa shape index (κ1) is 12.6. The lowest BCUT2D eigenvalue weighted by atomic mass is 9.93. The van der Waals surface area contributed by atoms with Crippen molar-refractivity contribution in [3.8, 4) is 11.8 Å². The van der Waals surface area contributed by atoms with Crippen LogP contribution in [-0.4, -0.2) is 7.11 Å². The molecule has 16 heavy (non-hydrogen) atoms. The molecule has 0 aliphatic heterocycles. The van der Waals surface area contributed by atoms with Gasteiger partial charge in [0.05, 0.1) is 19.1 Å². The maximum Gasteiger partial charge on any atom is 0.123 e. The van der Waals surface area contributed by atoms with Crippen LogP contribution in [-0.2, 0) is 0 Å². The normalized spacial score (nSPS) is 12.2. The Hall–Kier alpha value is -1.49. The summed E-state index contributed by atoms with van der Waals surface area (Å²) in [6.45, 7) is 6.32. The van der Waals surface area contributed by atoms with E-state index >= 15 is 0 Å². The van der Waals surface area contributed by atoms with Crippen molar-refractivity contribution in [2.24, 2.45) is 0 Å². The maximum absolute atomic E-state index is 9.07. The topological polar surface area (TPSA) is 33.0 Å². The summed E-state index contributed by atoms with van der Waals surface area (Å²) < 4.78 is 5.37. The van der Waals surface area contributed by atoms with Crippen LogP contribution in [0.2, 0.25) is 0 Å². The molecular weight excluding hydrogens is 198 g/mol. The van der Waals surface area contributed by atoms with Crippen molar-refractivity contribution in [1.82, 2.24) is 0 Å². The molecule has 1 aromatic rings. The van der Waals surface area contributed by atoms with Gasteiger partial charge in [-0.1, -0.05) is 32.9 Å². The Morgan fingerprint density at radius 1 is 1.38 bits per heavy atom. The van der Waals surface area contributed by atoms with E-state index in [2.05, 4.69) is 26.0 Å². The van der Waals surface area contributed by atoms with Crippen LogP contribution in [0.1, 0.15) is 50.2 Å². The molecule has 0 amide bonds. The van der Waals surface area contributed by atoms with Crippen LogP contribution >= 0.6 is 0 Å². The van der Waals surface area contributed by atoms with E-state index in [1.165, 1.54) is 5.56 Å². The van der Waals surface area contributed by atoms with Crippen molar-refractivity contribution in [3.05, 3.63) is 29.3 Å². The minimum absolute atomic E-state index is 0.0730. The molecule has 0 aliphatic rings. The molecule has 1 aromatic carbocycles. The lowest BCUT2D eigenvalue weighted by Gasteiger charge is -2.15. The fourth-order valence-electron chi connectivity index (χ4n) is 1.76. The first-order chi connectivity index (χ1) is 7.63. The minimum atomic E-state index is -0.0730. The largest absolute Gasteiger partial charge is 0.496 e. The number of hydrogen-bond donors (Lipinski definition) is 0. The first-order valence-electron chi connectivity index (χ1n) is 5.71. The molecule has 1 atom stereocenters. The summed E-state index contributed by atoms with van der Waals surface area (Å²) in [5, 5.41) is 9.07. The molecule has 0 saturated heterocycles. The van der Waals surface area contributed by atoms with Crippen LogP contribution in [0.5, 0.6) is 5.75 Å². The molecule has 0 radical (unpaired) electrons. The van der Waals surface area contributed by atoms with Gasteiger partial charge in [-0.15, -0.1) is 0 Å². The number of benzene rings is 1. The fraction of sp³-hybridized carbons (Fsp3) is 0.500. The Labute approximate surface area is 97.9 Å². The Kier molecular flexibility index (Phi) is 4.37. The van der Waals surface area contributed by atoms with Crippen molar-refractivity contribution in [2.45, 2.75) is 39.0 Å². The fourth-order valence-corrected chi connectivity index (χ4v) is 1.76. The van der Waals surface area contributed by atoms with Crippen molar-refractivity contribution in [1.29, 1.82) is 5.26 Å². The zero-order valence-corrected chi connectivity index (χ0v) is 10.4. The Balaban J connectivity index is 3.17. The predicted octanol–water partition coefficient (Wildman–Crippen LogP) is 3.84. The Morgan fingerprint density at radius 3 is 2.50 bits per heavy atom. The van der Waals surface area contributed by atoms with E-state index in [9.17, 15) is 0 Å². The third-order valence-electron chi connectivity index (χ3n) is 2.86. The van der Waals surface area contributed by atoms with Crippen molar-refractivity contribution < 1.29 is 4.74 Å². The number of rotatable bonds is 4. The molecule has 0 bridgehead atoms. The van der Waals surface area contributed by atoms with Gasteiger partial charge in [-0.3, -0.25) is 0 Å². The molecule has 0 N–H and O–H groups in total. The highest BCUT2D eigenvalue weighted by Gasteiger charge is 2.14. The molecule has 86 valence electrons. The van der Waals surface area contributed by atoms with Gasteiger partial charge >= 0.3 is 0 Å². The van der Waals surface area contributed by atoms with E-state index in [1.807, 2.05) is 19.1 Å². The van der Waals surface area contributed by atoms with Crippen molar-refractivity contribution >= 4 is 0 Å². The number of methoxy groups -OCH3 is 1. The maximum atomic E-state index is 9.07. The summed E-state index contributed by atoms with van der Waals surface area (Å²) in [5.74, 6) is 1.24. The Morgan fingerprint density at radius 2 is 2.06 bits per heavy atom. The van der Waals surface area contributed by atoms with Crippen LogP contribution in [0.3, 0.4) is 0 Å². The smallest absolute Gasteiger partial charge is 0.123 e. The van der Waals surface area contributed by atoms with Gasteiger partial charge in [0.2, 0.25) is 0 Å². The molecular formula is C14H19NO. The molecule has 0 spiro atoms. The third-order valence-corrected chi connectivity index (χ3v) is 2.86. The number of hydrogen-bond acceptors (Lipinski definition) is 2. The monoisotopic (exact) mass is 217 g/mol. The summed E-state index contributed by atoms with van der Waals surface area (Å²) in [6.07, 6.45) is 0.813. The molecule has 0 aliphatic carbocycles. The van der Waals surface area contributed by atoms with Crippen molar-refractivity contribution in [2.75, 3.05) is 7.11 Å². The van der Waals surface area contributed by atoms with E-state index in [0.717, 1.165) is 17.7 Å². The van der Waals surface area contributed by atoms with Gasteiger partial charge in [0.15, 0.2) is 0 Å². The van der Waals surface area contributed by atoms with Gasteiger partial charge < -0.3 is 4.74 Å². The van der Waals surface area contributed by atoms with Crippen LogP contribution in [0.25, 0.3) is 0 Å². The van der Waals surface area contributed by atoms with Crippen LogP contribution in [0, 0.1) is 11.3 Å². The molecule has 2 nitrogen and oxygen atoms in total. The number of nitriles is 1. The van der Waals surface area contributed by atoms with Gasteiger partial charge in [-0.2, -0.15) is 5.26 Å². The Bertz CT molecular complexity index is 390. The van der Waals surface area contributed by atoms with Crippen LogP contribution in [0.15, 0.2) is 18.2 Å². The van der Waals surface area contributed by atoms with Crippen LogP contribution < -0.4 is 4.74 Å². The summed E-state index contributed by atoms with van der Waals surface area (Å²) >= 11 is 0. The summed E-state index contributed by atoms with van der Waals surface area (Å²) in [5.41, 5.74) is 2.24. The average molecular weight is 217 g/mol. The lowest BCUT2D eigenvalue weighted by molar-refractivity contribution is 0.407. The molecule has 0 aromatic heterocycles. The van der Waals surface area contributed by atoms with E-state index in [0.29, 0.717) is 5.92 Å². The zero-order valence-electron chi connectivity index (χ0n) is 10.4. The second kappa shape index (κ2) is 5.55. The highest BCUT2D eigenvalue weighted by molar-refractivity contribution is 5.42. The SMILES string of the molecule is CCC(C#N)c1ccc(C(C)C)cc1OC. The molecule has 1 rings (SSSR count). The van der Waals surface area contributed by atoms with Gasteiger partial charge in [-0.25, -0.2) is 0 Å². The third kappa shape index (κ3) is 2.55. The quantitative estimate of drug-likeness (QED) is 0.767. The first-order valence-corrected chi connectivity index (χ1v) is 5.71. The summed E-state index contributed by atoms with van der Waals surface area (Å²) in [4.78, 5) is 0. The van der Waals surface area contributed by atoms with E-state index in [1.54, 1.807) is 7.11 Å². The van der Waals surface area contributed by atoms with E-state index < -0.39 is 0 Å². The van der Waals surface area contributed by atoms with Crippen molar-refractivity contribution in [3.63, 3.8) is 0 Å². The molecule has 0 fully saturated rings. The zero-order chi connectivity index (χ0) is 12.1. The second-order valence-electron chi connectivity index (χ2n) is 4.25. The average Bonchev–Trinajstić information content (AvgIpc) is 2.30. The predicted molar refractivity (Wildman–Crippen MR) is 65.7 cm³/mol. The van der Waals surface area contributed by atoms with Gasteiger partial charge in [0.25, 0.3) is 0 Å². The van der Waals surface area contributed by atoms with E-state index in [4.69, 9.17) is 10.00 Å². The summed E-state index contributed by atoms with van der Waals surface area (Å²) in [7, 11) is 1.66. The molecule has 0 saturated carbocycles. The molecule has 1 unspecified atom stereocenters.